The molecule has 0 saturated heterocycles. The molecular weight excluding hydrogens is 532 g/mol. The summed E-state index contributed by atoms with van der Waals surface area (Å²) in [4.78, 5) is 47.3. The van der Waals surface area contributed by atoms with E-state index >= 15 is 0 Å². The first-order chi connectivity index (χ1) is 19.9. The van der Waals surface area contributed by atoms with Crippen molar-refractivity contribution in [2.45, 2.75) is 60.4 Å². The second-order valence-corrected chi connectivity index (χ2v) is 10.3. The number of hydrogen-bond donors (Lipinski definition) is 2. The van der Waals surface area contributed by atoms with Crippen LogP contribution in [0.4, 0.5) is 0 Å². The molecule has 0 saturated carbocycles. The van der Waals surface area contributed by atoms with Gasteiger partial charge in [0.15, 0.2) is 10.9 Å². The van der Waals surface area contributed by atoms with Crippen molar-refractivity contribution in [3.05, 3.63) is 115 Å². The zero-order chi connectivity index (χ0) is 31.1. The molecule has 0 unspecified atom stereocenters. The van der Waals surface area contributed by atoms with Gasteiger partial charge in [0.2, 0.25) is 0 Å². The molecule has 4 aromatic rings. The van der Waals surface area contributed by atoms with Gasteiger partial charge < -0.3 is 19.3 Å². The minimum atomic E-state index is -1.19. The largest absolute Gasteiger partial charge is 0.477 e. The van der Waals surface area contributed by atoms with Crippen LogP contribution in [-0.4, -0.2) is 31.3 Å². The number of pyridine rings is 2. The van der Waals surface area contributed by atoms with E-state index < -0.39 is 22.8 Å². The fourth-order valence-corrected chi connectivity index (χ4v) is 5.00. The molecule has 0 fully saturated rings. The highest BCUT2D eigenvalue weighted by molar-refractivity contribution is 5.95. The molecule has 0 amide bonds. The fourth-order valence-electron chi connectivity index (χ4n) is 5.00. The summed E-state index contributed by atoms with van der Waals surface area (Å²) in [7, 11) is 1.83. The van der Waals surface area contributed by atoms with Gasteiger partial charge in [-0.05, 0) is 51.7 Å². The average molecular weight is 571 g/mol. The summed E-state index contributed by atoms with van der Waals surface area (Å²) in [5.74, 6) is -2.37. The van der Waals surface area contributed by atoms with E-state index in [4.69, 9.17) is 0 Å². The van der Waals surface area contributed by atoms with Crippen LogP contribution in [0.1, 0.15) is 69.9 Å². The standard InChI is InChI=1S/C18H21NO3.C16H17NO3/c1-4-5-6-14-11-15(20)16(18(21)22)17(19(14)3)13-9-7-12(2)8-10-13;1-4-17-11(3)9-13(18)14(16(19)20)15(17)12-7-5-10(2)6-8-12/h7-11H,4-6H2,1-3H3,(H,21,22);5-9H,4H2,1-3H3,(H,19,20). The molecule has 42 heavy (non-hydrogen) atoms. The molecule has 8 nitrogen and oxygen atoms in total. The van der Waals surface area contributed by atoms with Crippen LogP contribution in [0.3, 0.4) is 0 Å². The van der Waals surface area contributed by atoms with Crippen LogP contribution >= 0.6 is 0 Å². The van der Waals surface area contributed by atoms with Gasteiger partial charge in [0, 0.05) is 37.1 Å². The average Bonchev–Trinajstić information content (AvgIpc) is 2.93. The van der Waals surface area contributed by atoms with E-state index in [1.165, 1.54) is 12.1 Å². The Labute approximate surface area is 245 Å². The number of rotatable bonds is 8. The van der Waals surface area contributed by atoms with Gasteiger partial charge in [0.25, 0.3) is 0 Å². The molecule has 0 radical (unpaired) electrons. The highest BCUT2D eigenvalue weighted by atomic mass is 16.4. The summed E-state index contributed by atoms with van der Waals surface area (Å²) >= 11 is 0. The molecule has 4 rings (SSSR count). The van der Waals surface area contributed by atoms with Crippen molar-refractivity contribution in [3.63, 3.8) is 0 Å². The normalized spacial score (nSPS) is 10.6. The van der Waals surface area contributed by atoms with Crippen molar-refractivity contribution in [1.29, 1.82) is 0 Å². The number of aromatic carboxylic acids is 2. The lowest BCUT2D eigenvalue weighted by atomic mass is 10.0. The van der Waals surface area contributed by atoms with Crippen molar-refractivity contribution in [3.8, 4) is 22.5 Å². The lowest BCUT2D eigenvalue weighted by Crippen LogP contribution is -2.22. The number of aryl methyl sites for hydroxylation is 4. The summed E-state index contributed by atoms with van der Waals surface area (Å²) in [6.45, 7) is 10.4. The predicted molar refractivity (Wildman–Crippen MR) is 166 cm³/mol. The smallest absolute Gasteiger partial charge is 0.341 e. The van der Waals surface area contributed by atoms with Crippen LogP contribution in [0, 0.1) is 20.8 Å². The van der Waals surface area contributed by atoms with Gasteiger partial charge in [0.1, 0.15) is 11.1 Å². The van der Waals surface area contributed by atoms with Crippen molar-refractivity contribution >= 4 is 11.9 Å². The van der Waals surface area contributed by atoms with Crippen LogP contribution in [0.25, 0.3) is 22.5 Å². The molecule has 8 heteroatoms. The van der Waals surface area contributed by atoms with Crippen molar-refractivity contribution < 1.29 is 19.8 Å². The lowest BCUT2D eigenvalue weighted by Gasteiger charge is -2.17. The van der Waals surface area contributed by atoms with Crippen molar-refractivity contribution in [2.24, 2.45) is 7.05 Å². The van der Waals surface area contributed by atoms with Crippen LogP contribution in [0.2, 0.25) is 0 Å². The second kappa shape index (κ2) is 13.8. The molecule has 0 bridgehead atoms. The van der Waals surface area contributed by atoms with E-state index in [2.05, 4.69) is 6.92 Å². The topological polar surface area (TPSA) is 119 Å². The SMILES string of the molecule is CCCCc1cc(=O)c(C(=O)O)c(-c2ccc(C)cc2)n1C.CCn1c(C)cc(=O)c(C(=O)O)c1-c1ccc(C)cc1. The molecule has 0 aliphatic rings. The van der Waals surface area contributed by atoms with Crippen LogP contribution in [0.5, 0.6) is 0 Å². The number of aromatic nitrogens is 2. The highest BCUT2D eigenvalue weighted by Gasteiger charge is 2.21. The minimum Gasteiger partial charge on any atom is -0.477 e. The molecule has 2 N–H and O–H groups in total. The fraction of sp³-hybridized carbons (Fsp3) is 0.294. The molecular formula is C34H38N2O6. The Morgan fingerprint density at radius 2 is 1.17 bits per heavy atom. The van der Waals surface area contributed by atoms with Crippen LogP contribution in [-0.2, 0) is 20.0 Å². The van der Waals surface area contributed by atoms with Crippen molar-refractivity contribution in [2.75, 3.05) is 0 Å². The number of nitrogens with zero attached hydrogens (tertiary/aromatic N) is 2. The summed E-state index contributed by atoms with van der Waals surface area (Å²) < 4.78 is 3.70. The van der Waals surface area contributed by atoms with Gasteiger partial charge >= 0.3 is 11.9 Å². The molecule has 2 aromatic heterocycles. The summed E-state index contributed by atoms with van der Waals surface area (Å²) in [5.41, 5.74) is 5.06. The van der Waals surface area contributed by atoms with Gasteiger partial charge in [-0.1, -0.05) is 73.0 Å². The first kappa shape index (κ1) is 31.8. The zero-order valence-electron chi connectivity index (χ0n) is 25.0. The van der Waals surface area contributed by atoms with Gasteiger partial charge in [-0.25, -0.2) is 9.59 Å². The van der Waals surface area contributed by atoms with Gasteiger partial charge in [-0.3, -0.25) is 9.59 Å². The molecule has 2 aromatic carbocycles. The number of hydrogen-bond acceptors (Lipinski definition) is 4. The van der Waals surface area contributed by atoms with Gasteiger partial charge in [0.05, 0.1) is 11.4 Å². The molecule has 2 heterocycles. The lowest BCUT2D eigenvalue weighted by molar-refractivity contribution is 0.0684. The Balaban J connectivity index is 0.000000231. The molecule has 0 atom stereocenters. The predicted octanol–water partition coefficient (Wildman–Crippen LogP) is 6.25. The summed E-state index contributed by atoms with van der Waals surface area (Å²) in [5, 5.41) is 18.8. The third-order valence-electron chi connectivity index (χ3n) is 7.25. The quantitative estimate of drug-likeness (QED) is 0.258. The maximum atomic E-state index is 12.3. The van der Waals surface area contributed by atoms with Crippen molar-refractivity contribution in [1.82, 2.24) is 9.13 Å². The maximum absolute atomic E-state index is 12.3. The minimum absolute atomic E-state index is 0.161. The van der Waals surface area contributed by atoms with E-state index in [0.717, 1.165) is 52.9 Å². The number of carbonyl (C=O) groups is 2. The van der Waals surface area contributed by atoms with E-state index in [9.17, 15) is 29.4 Å². The number of benzene rings is 2. The van der Waals surface area contributed by atoms with E-state index in [0.29, 0.717) is 17.9 Å². The highest BCUT2D eigenvalue weighted by Crippen LogP contribution is 2.25. The number of unbranched alkanes of at least 4 members (excludes halogenated alkanes) is 1. The molecule has 0 spiro atoms. The third kappa shape index (κ3) is 6.94. The zero-order valence-corrected chi connectivity index (χ0v) is 25.0. The Morgan fingerprint density at radius 1 is 0.714 bits per heavy atom. The first-order valence-corrected chi connectivity index (χ1v) is 14.0. The number of carboxylic acid groups (broad SMARTS) is 2. The van der Waals surface area contributed by atoms with Crippen LogP contribution < -0.4 is 10.9 Å². The van der Waals surface area contributed by atoms with Crippen LogP contribution in [0.15, 0.2) is 70.3 Å². The Kier molecular flexibility index (Phi) is 10.4. The molecule has 0 aliphatic heterocycles. The maximum Gasteiger partial charge on any atom is 0.341 e. The third-order valence-corrected chi connectivity index (χ3v) is 7.25. The van der Waals surface area contributed by atoms with E-state index in [1.54, 1.807) is 0 Å². The Hall–Kier alpha value is -4.72. The first-order valence-electron chi connectivity index (χ1n) is 14.0. The summed E-state index contributed by atoms with van der Waals surface area (Å²) in [6, 6.07) is 17.9. The number of carboxylic acids is 2. The molecule has 0 aliphatic carbocycles. The van der Waals surface area contributed by atoms with Gasteiger partial charge in [-0.15, -0.1) is 0 Å². The van der Waals surface area contributed by atoms with Gasteiger partial charge in [-0.2, -0.15) is 0 Å². The Morgan fingerprint density at radius 3 is 1.62 bits per heavy atom. The summed E-state index contributed by atoms with van der Waals surface area (Å²) in [6.07, 6.45) is 2.75. The Bertz CT molecular complexity index is 1710. The van der Waals surface area contributed by atoms with E-state index in [-0.39, 0.29) is 11.1 Å². The second-order valence-electron chi connectivity index (χ2n) is 10.3. The monoisotopic (exact) mass is 570 g/mol. The van der Waals surface area contributed by atoms with E-state index in [1.807, 2.05) is 92.4 Å². The molecule has 220 valence electrons.